The first kappa shape index (κ1) is 11.4. The molecule has 0 saturated carbocycles. The van der Waals surface area contributed by atoms with Gasteiger partial charge in [0, 0.05) is 19.7 Å². The summed E-state index contributed by atoms with van der Waals surface area (Å²) in [7, 11) is 0. The molecule has 0 spiro atoms. The molecule has 0 aromatic carbocycles. The second-order valence-electron chi connectivity index (χ2n) is 4.67. The molecule has 2 atom stereocenters. The van der Waals surface area contributed by atoms with Gasteiger partial charge in [0.15, 0.2) is 0 Å². The van der Waals surface area contributed by atoms with Gasteiger partial charge in [0.05, 0.1) is 24.5 Å². The van der Waals surface area contributed by atoms with Crippen molar-refractivity contribution < 1.29 is 9.53 Å². The molecule has 0 bridgehead atoms. The molecule has 2 heterocycles. The standard InChI is InChI=1S/C12H18N2O2/c13-7-10-3-1-5-14(8-10)12(15)11-4-2-6-16-9-11/h10-11H,1-6,8-9H2. The van der Waals surface area contributed by atoms with Gasteiger partial charge in [-0.05, 0) is 25.7 Å². The largest absolute Gasteiger partial charge is 0.381 e. The molecule has 0 aromatic rings. The van der Waals surface area contributed by atoms with Gasteiger partial charge in [0.2, 0.25) is 5.91 Å². The molecule has 2 aliphatic rings. The summed E-state index contributed by atoms with van der Waals surface area (Å²) in [5, 5.41) is 8.89. The maximum absolute atomic E-state index is 12.2. The van der Waals surface area contributed by atoms with E-state index in [-0.39, 0.29) is 17.7 Å². The van der Waals surface area contributed by atoms with Crippen molar-refractivity contribution in [3.05, 3.63) is 0 Å². The molecule has 4 heteroatoms. The van der Waals surface area contributed by atoms with E-state index in [1.807, 2.05) is 4.90 Å². The van der Waals surface area contributed by atoms with Crippen molar-refractivity contribution >= 4 is 5.91 Å². The topological polar surface area (TPSA) is 53.3 Å². The first-order valence-corrected chi connectivity index (χ1v) is 6.07. The van der Waals surface area contributed by atoms with Crippen molar-refractivity contribution in [3.8, 4) is 6.07 Å². The number of amides is 1. The van der Waals surface area contributed by atoms with Gasteiger partial charge in [0.1, 0.15) is 0 Å². The fourth-order valence-corrected chi connectivity index (χ4v) is 2.48. The van der Waals surface area contributed by atoms with Crippen LogP contribution in [-0.4, -0.2) is 37.1 Å². The zero-order valence-corrected chi connectivity index (χ0v) is 9.52. The number of rotatable bonds is 1. The van der Waals surface area contributed by atoms with Crippen molar-refractivity contribution in [3.63, 3.8) is 0 Å². The minimum absolute atomic E-state index is 0.0298. The van der Waals surface area contributed by atoms with Gasteiger partial charge in [-0.25, -0.2) is 0 Å². The molecule has 1 amide bonds. The van der Waals surface area contributed by atoms with Crippen molar-refractivity contribution in [2.75, 3.05) is 26.3 Å². The van der Waals surface area contributed by atoms with E-state index in [1.54, 1.807) is 0 Å². The molecular formula is C12H18N2O2. The molecule has 0 radical (unpaired) electrons. The van der Waals surface area contributed by atoms with Crippen molar-refractivity contribution in [2.24, 2.45) is 11.8 Å². The monoisotopic (exact) mass is 222 g/mol. The maximum Gasteiger partial charge on any atom is 0.228 e. The highest BCUT2D eigenvalue weighted by atomic mass is 16.5. The molecule has 0 N–H and O–H groups in total. The molecule has 4 nitrogen and oxygen atoms in total. The molecule has 0 aromatic heterocycles. The van der Waals surface area contributed by atoms with E-state index in [0.29, 0.717) is 13.2 Å². The highest BCUT2D eigenvalue weighted by Crippen LogP contribution is 2.21. The molecular weight excluding hydrogens is 204 g/mol. The summed E-state index contributed by atoms with van der Waals surface area (Å²) in [5.74, 6) is 0.257. The normalized spacial score (nSPS) is 30.8. The van der Waals surface area contributed by atoms with E-state index in [0.717, 1.165) is 38.8 Å². The Hall–Kier alpha value is -1.08. The van der Waals surface area contributed by atoms with Crippen LogP contribution in [0.25, 0.3) is 0 Å². The minimum Gasteiger partial charge on any atom is -0.381 e. The lowest BCUT2D eigenvalue weighted by Crippen LogP contribution is -2.44. The summed E-state index contributed by atoms with van der Waals surface area (Å²) < 4.78 is 5.33. The molecule has 88 valence electrons. The summed E-state index contributed by atoms with van der Waals surface area (Å²) in [6.45, 7) is 2.77. The lowest BCUT2D eigenvalue weighted by Gasteiger charge is -2.33. The van der Waals surface area contributed by atoms with Gasteiger partial charge in [-0.2, -0.15) is 5.26 Å². The second-order valence-corrected chi connectivity index (χ2v) is 4.67. The van der Waals surface area contributed by atoms with Gasteiger partial charge in [-0.1, -0.05) is 0 Å². The Balaban J connectivity index is 1.90. The number of hydrogen-bond acceptors (Lipinski definition) is 3. The van der Waals surface area contributed by atoms with Gasteiger partial charge < -0.3 is 9.64 Å². The molecule has 2 rings (SSSR count). The zero-order chi connectivity index (χ0) is 11.4. The number of carbonyl (C=O) groups is 1. The van der Waals surface area contributed by atoms with Crippen LogP contribution in [0, 0.1) is 23.2 Å². The third-order valence-corrected chi connectivity index (χ3v) is 3.43. The average Bonchev–Trinajstić information content (AvgIpc) is 2.39. The Kier molecular flexibility index (Phi) is 3.79. The van der Waals surface area contributed by atoms with E-state index < -0.39 is 0 Å². The Bertz CT molecular complexity index is 292. The maximum atomic E-state index is 12.2. The lowest BCUT2D eigenvalue weighted by molar-refractivity contribution is -0.141. The highest BCUT2D eigenvalue weighted by molar-refractivity contribution is 5.79. The van der Waals surface area contributed by atoms with Crippen LogP contribution in [0.3, 0.4) is 0 Å². The Morgan fingerprint density at radius 3 is 2.94 bits per heavy atom. The Morgan fingerprint density at radius 2 is 2.25 bits per heavy atom. The van der Waals surface area contributed by atoms with Crippen LogP contribution in [0.15, 0.2) is 0 Å². The molecule has 2 unspecified atom stereocenters. The first-order valence-electron chi connectivity index (χ1n) is 6.07. The molecule has 16 heavy (non-hydrogen) atoms. The number of hydrogen-bond donors (Lipinski definition) is 0. The van der Waals surface area contributed by atoms with Crippen LogP contribution < -0.4 is 0 Å². The summed E-state index contributed by atoms with van der Waals surface area (Å²) in [4.78, 5) is 14.0. The third kappa shape index (κ3) is 2.53. The van der Waals surface area contributed by atoms with Crippen LogP contribution in [0.4, 0.5) is 0 Å². The van der Waals surface area contributed by atoms with Crippen LogP contribution in [0.2, 0.25) is 0 Å². The van der Waals surface area contributed by atoms with E-state index in [9.17, 15) is 4.79 Å². The van der Waals surface area contributed by atoms with Crippen molar-refractivity contribution in [1.82, 2.24) is 4.90 Å². The molecule has 2 fully saturated rings. The fraction of sp³-hybridized carbons (Fsp3) is 0.833. The summed E-state index contributed by atoms with van der Waals surface area (Å²) in [6, 6.07) is 2.27. The number of nitriles is 1. The number of carbonyl (C=O) groups excluding carboxylic acids is 1. The number of piperidine rings is 1. The van der Waals surface area contributed by atoms with Gasteiger partial charge in [-0.15, -0.1) is 0 Å². The van der Waals surface area contributed by atoms with E-state index in [2.05, 4.69) is 6.07 Å². The average molecular weight is 222 g/mol. The quantitative estimate of drug-likeness (QED) is 0.669. The van der Waals surface area contributed by atoms with Gasteiger partial charge in [0.25, 0.3) is 0 Å². The van der Waals surface area contributed by atoms with E-state index in [1.165, 1.54) is 0 Å². The summed E-state index contributed by atoms with van der Waals surface area (Å²) >= 11 is 0. The predicted molar refractivity (Wildman–Crippen MR) is 58.5 cm³/mol. The third-order valence-electron chi connectivity index (χ3n) is 3.43. The SMILES string of the molecule is N#CC1CCCN(C(=O)C2CCCOC2)C1. The first-order chi connectivity index (χ1) is 7.81. The van der Waals surface area contributed by atoms with Crippen LogP contribution >= 0.6 is 0 Å². The zero-order valence-electron chi connectivity index (χ0n) is 9.52. The predicted octanol–water partition coefficient (Wildman–Crippen LogP) is 1.18. The van der Waals surface area contributed by atoms with Crippen LogP contribution in [0.1, 0.15) is 25.7 Å². The lowest BCUT2D eigenvalue weighted by atomic mass is 9.95. The van der Waals surface area contributed by atoms with E-state index >= 15 is 0 Å². The van der Waals surface area contributed by atoms with Crippen LogP contribution in [0.5, 0.6) is 0 Å². The Labute approximate surface area is 96.2 Å². The van der Waals surface area contributed by atoms with Crippen molar-refractivity contribution in [2.45, 2.75) is 25.7 Å². The number of likely N-dealkylation sites (tertiary alicyclic amines) is 1. The minimum atomic E-state index is 0.0298. The van der Waals surface area contributed by atoms with Gasteiger partial charge >= 0.3 is 0 Å². The Morgan fingerprint density at radius 1 is 1.38 bits per heavy atom. The number of ether oxygens (including phenoxy) is 1. The summed E-state index contributed by atoms with van der Waals surface area (Å²) in [5.41, 5.74) is 0. The van der Waals surface area contributed by atoms with Gasteiger partial charge in [-0.3, -0.25) is 4.79 Å². The van der Waals surface area contributed by atoms with Crippen LogP contribution in [-0.2, 0) is 9.53 Å². The van der Waals surface area contributed by atoms with Crippen molar-refractivity contribution in [1.29, 1.82) is 5.26 Å². The highest BCUT2D eigenvalue weighted by Gasteiger charge is 2.29. The second kappa shape index (κ2) is 5.31. The smallest absolute Gasteiger partial charge is 0.228 e. The van der Waals surface area contributed by atoms with E-state index in [4.69, 9.17) is 10.00 Å². The summed E-state index contributed by atoms with van der Waals surface area (Å²) in [6.07, 6.45) is 3.80. The molecule has 0 aliphatic carbocycles. The molecule has 2 aliphatic heterocycles. The molecule has 2 saturated heterocycles. The number of nitrogens with zero attached hydrogens (tertiary/aromatic N) is 2. The fourth-order valence-electron chi connectivity index (χ4n) is 2.48.